The topological polar surface area (TPSA) is 94.0 Å². The fourth-order valence-electron chi connectivity index (χ4n) is 3.59. The van der Waals surface area contributed by atoms with Crippen LogP contribution < -0.4 is 16.0 Å². The summed E-state index contributed by atoms with van der Waals surface area (Å²) in [5, 5.41) is 18.4. The minimum atomic E-state index is -0.747. The standard InChI is InChI=1S/C23H26N4O2/c1-17-10-11-18(22(29)26-19-8-4-2-5-9-19)14-20(17)25-15-21(28)27-23(16-24)12-6-3-7-13-23/h2,4-5,8-11,14,25H,3,6-7,12-13,15H2,1H3,(H,26,29)(H,27,28). The van der Waals surface area contributed by atoms with E-state index in [1.54, 1.807) is 12.1 Å². The molecule has 0 radical (unpaired) electrons. The molecule has 1 saturated carbocycles. The largest absolute Gasteiger partial charge is 0.376 e. The van der Waals surface area contributed by atoms with E-state index in [4.69, 9.17) is 0 Å². The van der Waals surface area contributed by atoms with E-state index in [1.165, 1.54) is 0 Å². The minimum absolute atomic E-state index is 0.0496. The molecule has 150 valence electrons. The molecule has 0 unspecified atom stereocenters. The summed E-state index contributed by atoms with van der Waals surface area (Å²) in [4.78, 5) is 24.9. The lowest BCUT2D eigenvalue weighted by atomic mass is 9.83. The van der Waals surface area contributed by atoms with Crippen LogP contribution in [0.15, 0.2) is 48.5 Å². The summed E-state index contributed by atoms with van der Waals surface area (Å²) in [6.45, 7) is 1.96. The highest BCUT2D eigenvalue weighted by Crippen LogP contribution is 2.27. The second kappa shape index (κ2) is 9.24. The molecule has 0 heterocycles. The van der Waals surface area contributed by atoms with E-state index in [0.717, 1.165) is 36.2 Å². The van der Waals surface area contributed by atoms with Crippen LogP contribution >= 0.6 is 0 Å². The molecule has 0 atom stereocenters. The van der Waals surface area contributed by atoms with Crippen LogP contribution in [0, 0.1) is 18.3 Å². The Balaban J connectivity index is 1.62. The van der Waals surface area contributed by atoms with Gasteiger partial charge in [0.25, 0.3) is 5.91 Å². The molecule has 29 heavy (non-hydrogen) atoms. The number of hydrogen-bond acceptors (Lipinski definition) is 4. The Labute approximate surface area is 171 Å². The fraction of sp³-hybridized carbons (Fsp3) is 0.348. The number of nitrogens with one attached hydrogen (secondary N) is 3. The van der Waals surface area contributed by atoms with E-state index in [9.17, 15) is 14.9 Å². The smallest absolute Gasteiger partial charge is 0.255 e. The first-order valence-electron chi connectivity index (χ1n) is 9.94. The lowest BCUT2D eigenvalue weighted by Gasteiger charge is -2.31. The summed E-state index contributed by atoms with van der Waals surface area (Å²) in [6, 6.07) is 16.9. The van der Waals surface area contributed by atoms with E-state index in [2.05, 4.69) is 22.0 Å². The number of nitrogens with zero attached hydrogens (tertiary/aromatic N) is 1. The van der Waals surface area contributed by atoms with Gasteiger partial charge < -0.3 is 16.0 Å². The number of nitriles is 1. The fourth-order valence-corrected chi connectivity index (χ4v) is 3.59. The highest BCUT2D eigenvalue weighted by Gasteiger charge is 2.33. The van der Waals surface area contributed by atoms with Crippen molar-refractivity contribution in [3.63, 3.8) is 0 Å². The number of hydrogen-bond donors (Lipinski definition) is 3. The van der Waals surface area contributed by atoms with Crippen LogP contribution in [0.3, 0.4) is 0 Å². The molecule has 1 aliphatic carbocycles. The Morgan fingerprint density at radius 1 is 1.07 bits per heavy atom. The summed E-state index contributed by atoms with van der Waals surface area (Å²) in [7, 11) is 0. The number of aryl methyl sites for hydroxylation is 1. The van der Waals surface area contributed by atoms with Crippen molar-refractivity contribution in [2.24, 2.45) is 0 Å². The van der Waals surface area contributed by atoms with Gasteiger partial charge in [0.1, 0.15) is 5.54 Å². The summed E-state index contributed by atoms with van der Waals surface area (Å²) < 4.78 is 0. The highest BCUT2D eigenvalue weighted by atomic mass is 16.2. The predicted molar refractivity (Wildman–Crippen MR) is 114 cm³/mol. The van der Waals surface area contributed by atoms with Gasteiger partial charge in [-0.15, -0.1) is 0 Å². The van der Waals surface area contributed by atoms with Gasteiger partial charge in [0.05, 0.1) is 12.6 Å². The number of anilines is 2. The SMILES string of the molecule is Cc1ccc(C(=O)Nc2ccccc2)cc1NCC(=O)NC1(C#N)CCCCC1. The van der Waals surface area contributed by atoms with E-state index in [1.807, 2.05) is 43.3 Å². The van der Waals surface area contributed by atoms with Crippen LogP contribution in [0.5, 0.6) is 0 Å². The first-order valence-corrected chi connectivity index (χ1v) is 9.94. The molecule has 2 amide bonds. The molecule has 3 rings (SSSR count). The monoisotopic (exact) mass is 390 g/mol. The first-order chi connectivity index (χ1) is 14.0. The van der Waals surface area contributed by atoms with Crippen molar-refractivity contribution in [2.45, 2.75) is 44.6 Å². The second-order valence-electron chi connectivity index (χ2n) is 7.51. The van der Waals surface area contributed by atoms with Gasteiger partial charge >= 0.3 is 0 Å². The molecule has 6 heteroatoms. The number of carbonyl (C=O) groups excluding carboxylic acids is 2. The molecule has 2 aromatic rings. The van der Waals surface area contributed by atoms with Gasteiger partial charge in [-0.2, -0.15) is 5.26 Å². The van der Waals surface area contributed by atoms with Crippen molar-refractivity contribution in [3.8, 4) is 6.07 Å². The van der Waals surface area contributed by atoms with Gasteiger partial charge in [-0.25, -0.2) is 0 Å². The molecular weight excluding hydrogens is 364 g/mol. The number of benzene rings is 2. The van der Waals surface area contributed by atoms with Gasteiger partial charge in [0.2, 0.25) is 5.91 Å². The van der Waals surface area contributed by atoms with Crippen LogP contribution in [0.4, 0.5) is 11.4 Å². The third kappa shape index (κ3) is 5.35. The Bertz CT molecular complexity index is 912. The van der Waals surface area contributed by atoms with E-state index in [-0.39, 0.29) is 18.4 Å². The maximum Gasteiger partial charge on any atom is 0.255 e. The molecule has 2 aromatic carbocycles. The molecule has 1 aliphatic rings. The zero-order chi connectivity index (χ0) is 20.7. The molecule has 0 saturated heterocycles. The quantitative estimate of drug-likeness (QED) is 0.695. The zero-order valence-electron chi connectivity index (χ0n) is 16.6. The molecule has 1 fully saturated rings. The van der Waals surface area contributed by atoms with Crippen LogP contribution in [-0.4, -0.2) is 23.9 Å². The average molecular weight is 390 g/mol. The zero-order valence-corrected chi connectivity index (χ0v) is 16.6. The van der Waals surface area contributed by atoms with Crippen molar-refractivity contribution in [2.75, 3.05) is 17.2 Å². The molecule has 3 N–H and O–H groups in total. The Morgan fingerprint density at radius 3 is 2.48 bits per heavy atom. The predicted octanol–water partition coefficient (Wildman–Crippen LogP) is 4.00. The van der Waals surface area contributed by atoms with Gasteiger partial charge in [-0.3, -0.25) is 9.59 Å². The third-order valence-corrected chi connectivity index (χ3v) is 5.27. The first kappa shape index (κ1) is 20.4. The second-order valence-corrected chi connectivity index (χ2v) is 7.51. The summed E-state index contributed by atoms with van der Waals surface area (Å²) in [6.07, 6.45) is 4.42. The van der Waals surface area contributed by atoms with Crippen LogP contribution in [0.1, 0.15) is 48.0 Å². The summed E-state index contributed by atoms with van der Waals surface area (Å²) in [5.41, 5.74) is 2.13. The number of para-hydroxylation sites is 1. The lowest BCUT2D eigenvalue weighted by Crippen LogP contribution is -2.50. The van der Waals surface area contributed by atoms with Gasteiger partial charge in [-0.1, -0.05) is 43.5 Å². The van der Waals surface area contributed by atoms with Crippen molar-refractivity contribution in [1.82, 2.24) is 5.32 Å². The highest BCUT2D eigenvalue weighted by molar-refractivity contribution is 6.05. The molecule has 6 nitrogen and oxygen atoms in total. The van der Waals surface area contributed by atoms with Gasteiger partial charge in [-0.05, 0) is 49.6 Å². The van der Waals surface area contributed by atoms with Crippen LogP contribution in [0.25, 0.3) is 0 Å². The molecular formula is C23H26N4O2. The van der Waals surface area contributed by atoms with Crippen molar-refractivity contribution >= 4 is 23.2 Å². The van der Waals surface area contributed by atoms with Gasteiger partial charge in [0.15, 0.2) is 0 Å². The van der Waals surface area contributed by atoms with Gasteiger partial charge in [0, 0.05) is 16.9 Å². The summed E-state index contributed by atoms with van der Waals surface area (Å²) >= 11 is 0. The molecule has 0 aliphatic heterocycles. The third-order valence-electron chi connectivity index (χ3n) is 5.27. The Kier molecular flexibility index (Phi) is 6.50. The molecule has 0 spiro atoms. The normalized spacial score (nSPS) is 15.0. The Morgan fingerprint density at radius 2 is 1.79 bits per heavy atom. The Hall–Kier alpha value is -3.33. The van der Waals surface area contributed by atoms with Crippen LogP contribution in [-0.2, 0) is 4.79 Å². The van der Waals surface area contributed by atoms with Crippen LogP contribution in [0.2, 0.25) is 0 Å². The van der Waals surface area contributed by atoms with Crippen molar-refractivity contribution < 1.29 is 9.59 Å². The average Bonchev–Trinajstić information content (AvgIpc) is 2.74. The van der Waals surface area contributed by atoms with E-state index < -0.39 is 5.54 Å². The maximum atomic E-state index is 12.5. The number of carbonyl (C=O) groups is 2. The number of amides is 2. The molecule has 0 aromatic heterocycles. The van der Waals surface area contributed by atoms with Crippen molar-refractivity contribution in [3.05, 3.63) is 59.7 Å². The number of rotatable bonds is 6. The van der Waals surface area contributed by atoms with E-state index in [0.29, 0.717) is 18.4 Å². The minimum Gasteiger partial charge on any atom is -0.376 e. The maximum absolute atomic E-state index is 12.5. The van der Waals surface area contributed by atoms with Crippen molar-refractivity contribution in [1.29, 1.82) is 5.26 Å². The summed E-state index contributed by atoms with van der Waals surface area (Å²) in [5.74, 6) is -0.429. The lowest BCUT2D eigenvalue weighted by molar-refractivity contribution is -0.121. The molecule has 0 bridgehead atoms. The van der Waals surface area contributed by atoms with E-state index >= 15 is 0 Å².